The number of halogens is 1. The normalized spacial score (nSPS) is 12.3. The molecule has 0 radical (unpaired) electrons. The molecule has 4 N–H and O–H groups in total. The van der Waals surface area contributed by atoms with E-state index in [1.165, 1.54) is 0 Å². The van der Waals surface area contributed by atoms with E-state index in [1.807, 2.05) is 36.4 Å². The van der Waals surface area contributed by atoms with E-state index in [2.05, 4.69) is 4.98 Å². The van der Waals surface area contributed by atoms with E-state index >= 15 is 0 Å². The first-order valence-electron chi connectivity index (χ1n) is 5.98. The highest BCUT2D eigenvalue weighted by Crippen LogP contribution is 2.22. The van der Waals surface area contributed by atoms with Crippen LogP contribution in [0.25, 0.3) is 0 Å². The van der Waals surface area contributed by atoms with E-state index in [0.29, 0.717) is 5.82 Å². The van der Waals surface area contributed by atoms with Gasteiger partial charge in [-0.2, -0.15) is 0 Å². The highest BCUT2D eigenvalue weighted by Gasteiger charge is 2.08. The minimum absolute atomic E-state index is 0.0375. The van der Waals surface area contributed by atoms with Gasteiger partial charge in [-0.1, -0.05) is 23.7 Å². The molecule has 2 rings (SSSR count). The van der Waals surface area contributed by atoms with Crippen LogP contribution in [0.3, 0.4) is 0 Å². The number of nitrogens with zero attached hydrogens (tertiary/aromatic N) is 1. The second-order valence-corrected chi connectivity index (χ2v) is 5.81. The highest BCUT2D eigenvalue weighted by molar-refractivity contribution is 7.99. The Labute approximate surface area is 122 Å². The summed E-state index contributed by atoms with van der Waals surface area (Å²) in [6.07, 6.45) is 2.41. The lowest BCUT2D eigenvalue weighted by molar-refractivity contribution is 0.748. The number of aromatic nitrogens is 1. The zero-order valence-corrected chi connectivity index (χ0v) is 12.0. The van der Waals surface area contributed by atoms with Crippen LogP contribution < -0.4 is 11.5 Å². The fourth-order valence-corrected chi connectivity index (χ4v) is 2.89. The molecule has 2 aromatic rings. The quantitative estimate of drug-likeness (QED) is 0.832. The third-order valence-electron chi connectivity index (χ3n) is 2.67. The SMILES string of the molecule is Nc1ncccc1CC(N)CSc1cccc(Cl)c1. The summed E-state index contributed by atoms with van der Waals surface area (Å²) in [5.41, 5.74) is 12.9. The molecule has 1 heterocycles. The van der Waals surface area contributed by atoms with Gasteiger partial charge in [-0.05, 0) is 36.2 Å². The van der Waals surface area contributed by atoms with Gasteiger partial charge >= 0.3 is 0 Å². The molecule has 1 unspecified atom stereocenters. The van der Waals surface area contributed by atoms with Crippen molar-refractivity contribution >= 4 is 29.2 Å². The maximum Gasteiger partial charge on any atom is 0.126 e. The number of hydrogen-bond donors (Lipinski definition) is 2. The van der Waals surface area contributed by atoms with Gasteiger partial charge in [-0.15, -0.1) is 11.8 Å². The van der Waals surface area contributed by atoms with Crippen LogP contribution in [0.5, 0.6) is 0 Å². The molecule has 0 spiro atoms. The number of pyridine rings is 1. The lowest BCUT2D eigenvalue weighted by Crippen LogP contribution is -2.26. The van der Waals surface area contributed by atoms with Crippen molar-refractivity contribution in [3.63, 3.8) is 0 Å². The predicted molar refractivity (Wildman–Crippen MR) is 82.5 cm³/mol. The summed E-state index contributed by atoms with van der Waals surface area (Å²) < 4.78 is 0. The Morgan fingerprint density at radius 2 is 2.11 bits per heavy atom. The zero-order chi connectivity index (χ0) is 13.7. The number of hydrogen-bond acceptors (Lipinski definition) is 4. The largest absolute Gasteiger partial charge is 0.383 e. The topological polar surface area (TPSA) is 64.9 Å². The van der Waals surface area contributed by atoms with Crippen LogP contribution in [0.4, 0.5) is 5.82 Å². The van der Waals surface area contributed by atoms with Crippen molar-refractivity contribution in [3.8, 4) is 0 Å². The third kappa shape index (κ3) is 4.42. The van der Waals surface area contributed by atoms with Gasteiger partial charge in [0.2, 0.25) is 0 Å². The van der Waals surface area contributed by atoms with E-state index < -0.39 is 0 Å². The van der Waals surface area contributed by atoms with Gasteiger partial charge < -0.3 is 11.5 Å². The lowest BCUT2D eigenvalue weighted by Gasteiger charge is -2.12. The van der Waals surface area contributed by atoms with E-state index in [1.54, 1.807) is 18.0 Å². The van der Waals surface area contributed by atoms with Crippen molar-refractivity contribution < 1.29 is 0 Å². The van der Waals surface area contributed by atoms with Crippen LogP contribution in [0.15, 0.2) is 47.5 Å². The van der Waals surface area contributed by atoms with Crippen molar-refractivity contribution in [2.75, 3.05) is 11.5 Å². The van der Waals surface area contributed by atoms with Gasteiger partial charge in [0.15, 0.2) is 0 Å². The second kappa shape index (κ2) is 6.80. The summed E-state index contributed by atoms with van der Waals surface area (Å²) in [6.45, 7) is 0. The number of rotatable bonds is 5. The minimum Gasteiger partial charge on any atom is -0.383 e. The fourth-order valence-electron chi connectivity index (χ4n) is 1.72. The molecule has 0 saturated heterocycles. The summed E-state index contributed by atoms with van der Waals surface area (Å²) in [5, 5.41) is 0.745. The Bertz CT molecular complexity index is 548. The van der Waals surface area contributed by atoms with Crippen LogP contribution in [-0.2, 0) is 6.42 Å². The molecule has 0 aliphatic heterocycles. The summed E-state index contributed by atoms with van der Waals surface area (Å²) in [6, 6.07) is 11.7. The Morgan fingerprint density at radius 3 is 2.84 bits per heavy atom. The van der Waals surface area contributed by atoms with Crippen LogP contribution >= 0.6 is 23.4 Å². The predicted octanol–water partition coefficient (Wildman–Crippen LogP) is 2.98. The molecule has 3 nitrogen and oxygen atoms in total. The van der Waals surface area contributed by atoms with Crippen molar-refractivity contribution in [1.29, 1.82) is 0 Å². The Morgan fingerprint density at radius 1 is 1.26 bits per heavy atom. The smallest absolute Gasteiger partial charge is 0.126 e. The van der Waals surface area contributed by atoms with Gasteiger partial charge in [-0.3, -0.25) is 0 Å². The fraction of sp³-hybridized carbons (Fsp3) is 0.214. The van der Waals surface area contributed by atoms with Crippen LogP contribution in [0.1, 0.15) is 5.56 Å². The molecule has 100 valence electrons. The number of anilines is 1. The molecule has 19 heavy (non-hydrogen) atoms. The highest BCUT2D eigenvalue weighted by atomic mass is 35.5. The molecule has 0 fully saturated rings. The number of thioether (sulfide) groups is 1. The molecule has 0 aliphatic rings. The number of nitrogens with two attached hydrogens (primary N) is 2. The first-order valence-corrected chi connectivity index (χ1v) is 7.35. The van der Waals surface area contributed by atoms with E-state index in [-0.39, 0.29) is 6.04 Å². The maximum absolute atomic E-state index is 6.12. The average Bonchev–Trinajstić information content (AvgIpc) is 2.39. The van der Waals surface area contributed by atoms with Crippen molar-refractivity contribution in [1.82, 2.24) is 4.98 Å². The molecule has 0 aliphatic carbocycles. The monoisotopic (exact) mass is 293 g/mol. The average molecular weight is 294 g/mol. The Kier molecular flexibility index (Phi) is 5.07. The number of benzene rings is 1. The summed E-state index contributed by atoms with van der Waals surface area (Å²) in [7, 11) is 0. The molecule has 0 bridgehead atoms. The Balaban J connectivity index is 1.88. The van der Waals surface area contributed by atoms with Crippen molar-refractivity contribution in [3.05, 3.63) is 53.2 Å². The van der Waals surface area contributed by atoms with Gasteiger partial charge in [0.1, 0.15) is 5.82 Å². The standard InChI is InChI=1S/C14H16ClN3S/c15-11-4-1-5-13(8-11)19-9-12(16)7-10-3-2-6-18-14(10)17/h1-6,8,12H,7,9,16H2,(H2,17,18). The van der Waals surface area contributed by atoms with Crippen LogP contribution in [-0.4, -0.2) is 16.8 Å². The van der Waals surface area contributed by atoms with Gasteiger partial charge in [-0.25, -0.2) is 4.98 Å². The molecular weight excluding hydrogens is 278 g/mol. The second-order valence-electron chi connectivity index (χ2n) is 4.28. The summed E-state index contributed by atoms with van der Waals surface area (Å²) in [4.78, 5) is 5.19. The third-order valence-corrected chi connectivity index (χ3v) is 4.09. The maximum atomic E-state index is 6.12. The van der Waals surface area contributed by atoms with Crippen molar-refractivity contribution in [2.45, 2.75) is 17.4 Å². The summed E-state index contributed by atoms with van der Waals surface area (Å²) >= 11 is 7.64. The van der Waals surface area contributed by atoms with Crippen molar-refractivity contribution in [2.24, 2.45) is 5.73 Å². The molecule has 1 aromatic carbocycles. The molecule has 0 saturated carbocycles. The Hall–Kier alpha value is -1.23. The van der Waals surface area contributed by atoms with Crippen LogP contribution in [0, 0.1) is 0 Å². The molecule has 5 heteroatoms. The van der Waals surface area contributed by atoms with E-state index in [0.717, 1.165) is 27.7 Å². The summed E-state index contributed by atoms with van der Waals surface area (Å²) in [5.74, 6) is 1.38. The van der Waals surface area contributed by atoms with E-state index in [9.17, 15) is 0 Å². The van der Waals surface area contributed by atoms with Gasteiger partial charge in [0.25, 0.3) is 0 Å². The van der Waals surface area contributed by atoms with Gasteiger partial charge in [0.05, 0.1) is 0 Å². The van der Waals surface area contributed by atoms with Crippen LogP contribution in [0.2, 0.25) is 5.02 Å². The molecule has 0 amide bonds. The van der Waals surface area contributed by atoms with Gasteiger partial charge in [0, 0.05) is 27.9 Å². The lowest BCUT2D eigenvalue weighted by atomic mass is 10.1. The van der Waals surface area contributed by atoms with E-state index in [4.69, 9.17) is 23.1 Å². The molecule has 1 atom stereocenters. The zero-order valence-electron chi connectivity index (χ0n) is 10.4. The minimum atomic E-state index is 0.0375. The number of nitrogen functional groups attached to an aromatic ring is 1. The molecular formula is C14H16ClN3S. The first-order chi connectivity index (χ1) is 9.15. The first kappa shape index (κ1) is 14.2. The molecule has 1 aromatic heterocycles.